The number of methoxy groups -OCH3 is 1. The fourth-order valence-electron chi connectivity index (χ4n) is 4.02. The molecule has 8 nitrogen and oxygen atoms in total. The van der Waals surface area contributed by atoms with Crippen molar-refractivity contribution in [2.75, 3.05) is 25.6 Å². The van der Waals surface area contributed by atoms with Crippen molar-refractivity contribution in [2.45, 2.75) is 58.5 Å². The van der Waals surface area contributed by atoms with E-state index in [9.17, 15) is 9.18 Å². The maximum Gasteiger partial charge on any atom is 0.289 e. The van der Waals surface area contributed by atoms with Crippen molar-refractivity contribution in [3.8, 4) is 0 Å². The number of carbonyl (C=O) groups is 1. The maximum absolute atomic E-state index is 14.0. The number of halogens is 1. The molecule has 1 fully saturated rings. The smallest absolute Gasteiger partial charge is 0.289 e. The normalized spacial score (nSPS) is 19.7. The van der Waals surface area contributed by atoms with Gasteiger partial charge in [-0.1, -0.05) is 26.7 Å². The molecule has 0 spiro atoms. The number of hydrogen-bond donors (Lipinski definition) is 3. The Hall–Kier alpha value is -2.81. The van der Waals surface area contributed by atoms with Crippen LogP contribution in [0, 0.1) is 11.2 Å². The van der Waals surface area contributed by atoms with Crippen LogP contribution < -0.4 is 16.4 Å². The van der Waals surface area contributed by atoms with Gasteiger partial charge in [0, 0.05) is 30.5 Å². The second kappa shape index (κ2) is 10.2. The molecule has 2 atom stereocenters. The molecule has 1 aliphatic rings. The van der Waals surface area contributed by atoms with E-state index in [1.54, 1.807) is 20.1 Å². The van der Waals surface area contributed by atoms with Crippen molar-refractivity contribution in [1.82, 2.24) is 15.3 Å². The Balaban J connectivity index is 1.91. The first-order valence-corrected chi connectivity index (χ1v) is 11.0. The molecular formula is C23H33FN6O2. The third-order valence-corrected chi connectivity index (χ3v) is 5.54. The number of ether oxygens (including phenoxy) is 1. The zero-order chi connectivity index (χ0) is 23.3. The fourth-order valence-corrected chi connectivity index (χ4v) is 4.02. The summed E-state index contributed by atoms with van der Waals surface area (Å²) >= 11 is 0. The molecule has 1 aliphatic carbocycles. The molecule has 1 amide bonds. The van der Waals surface area contributed by atoms with Crippen molar-refractivity contribution < 1.29 is 13.9 Å². The number of aromatic nitrogens is 2. The third-order valence-electron chi connectivity index (χ3n) is 5.54. The van der Waals surface area contributed by atoms with E-state index < -0.39 is 5.82 Å². The molecule has 1 aromatic carbocycles. The number of carbonyl (C=O) groups excluding carboxylic acids is 1. The van der Waals surface area contributed by atoms with Crippen LogP contribution in [-0.2, 0) is 4.74 Å². The van der Waals surface area contributed by atoms with Crippen LogP contribution in [0.25, 0.3) is 10.9 Å². The number of nitrogens with one attached hydrogen (secondary N) is 2. The van der Waals surface area contributed by atoms with Gasteiger partial charge in [0.2, 0.25) is 5.82 Å². The summed E-state index contributed by atoms with van der Waals surface area (Å²) in [6, 6.07) is 4.26. The number of aliphatic imine (C=N–C) groups is 1. The van der Waals surface area contributed by atoms with Gasteiger partial charge in [-0.05, 0) is 38.0 Å². The first kappa shape index (κ1) is 23.8. The molecule has 1 saturated carbocycles. The molecule has 0 bridgehead atoms. The first-order valence-electron chi connectivity index (χ1n) is 11.0. The zero-order valence-electron chi connectivity index (χ0n) is 19.2. The van der Waals surface area contributed by atoms with E-state index in [-0.39, 0.29) is 29.2 Å². The lowest BCUT2D eigenvalue weighted by molar-refractivity contribution is 0.0839. The molecule has 2 aromatic rings. The van der Waals surface area contributed by atoms with E-state index in [0.717, 1.165) is 25.7 Å². The lowest BCUT2D eigenvalue weighted by Crippen LogP contribution is -2.38. The van der Waals surface area contributed by atoms with Crippen LogP contribution in [0.3, 0.4) is 0 Å². The number of amides is 1. The number of benzene rings is 1. The Labute approximate surface area is 188 Å². The summed E-state index contributed by atoms with van der Waals surface area (Å²) in [7, 11) is 1.63. The minimum absolute atomic E-state index is 0.000515. The summed E-state index contributed by atoms with van der Waals surface area (Å²) in [6.45, 7) is 6.67. The number of anilines is 1. The van der Waals surface area contributed by atoms with Gasteiger partial charge < -0.3 is 21.1 Å². The average Bonchev–Trinajstić information content (AvgIpc) is 2.73. The highest BCUT2D eigenvalue weighted by Crippen LogP contribution is 2.28. The van der Waals surface area contributed by atoms with Gasteiger partial charge in [0.1, 0.15) is 11.6 Å². The molecule has 1 heterocycles. The summed E-state index contributed by atoms with van der Waals surface area (Å²) < 4.78 is 19.2. The van der Waals surface area contributed by atoms with E-state index in [0.29, 0.717) is 35.7 Å². The van der Waals surface area contributed by atoms with Crippen molar-refractivity contribution in [3.63, 3.8) is 0 Å². The van der Waals surface area contributed by atoms with Crippen LogP contribution in [0.4, 0.5) is 10.2 Å². The quantitative estimate of drug-likeness (QED) is 0.425. The Bertz CT molecular complexity index is 990. The van der Waals surface area contributed by atoms with Crippen LogP contribution in [0.15, 0.2) is 23.2 Å². The predicted molar refractivity (Wildman–Crippen MR) is 124 cm³/mol. The van der Waals surface area contributed by atoms with Crippen LogP contribution in [0.1, 0.15) is 57.1 Å². The Kier molecular flexibility index (Phi) is 7.60. The van der Waals surface area contributed by atoms with Crippen LogP contribution in [-0.4, -0.2) is 54.1 Å². The van der Waals surface area contributed by atoms with E-state index in [1.807, 2.05) is 13.8 Å². The molecular weight excluding hydrogens is 411 g/mol. The van der Waals surface area contributed by atoms with Gasteiger partial charge in [0.25, 0.3) is 5.91 Å². The van der Waals surface area contributed by atoms with Gasteiger partial charge in [-0.3, -0.25) is 9.79 Å². The SMILES string of the molecule is COCC(C)(C)CNC(=O)c1nc(N[C@H]2CCCC[C@H]2N=C(C)N)c2cc(F)ccc2n1. The number of fused-ring (bicyclic) bond motifs is 1. The van der Waals surface area contributed by atoms with Crippen LogP contribution >= 0.6 is 0 Å². The van der Waals surface area contributed by atoms with Crippen molar-refractivity contribution >= 4 is 28.5 Å². The molecule has 174 valence electrons. The topological polar surface area (TPSA) is 115 Å². The highest BCUT2D eigenvalue weighted by molar-refractivity contribution is 5.96. The van der Waals surface area contributed by atoms with E-state index in [4.69, 9.17) is 10.5 Å². The Morgan fingerprint density at radius 1 is 1.31 bits per heavy atom. The van der Waals surface area contributed by atoms with Crippen molar-refractivity contribution in [2.24, 2.45) is 16.1 Å². The molecule has 3 rings (SSSR count). The Morgan fingerprint density at radius 3 is 2.78 bits per heavy atom. The lowest BCUT2D eigenvalue weighted by Gasteiger charge is -2.30. The standard InChI is InChI=1S/C23H33FN6O2/c1-14(25)27-18-7-5-6-8-19(18)29-20-16-11-15(24)9-10-17(16)28-21(30-20)22(31)26-12-23(2,3)13-32-4/h9-11,18-19H,5-8,12-13H2,1-4H3,(H2,25,27)(H,26,31)(H,28,29,30)/t18-,19+/m1/s1. The predicted octanol–water partition coefficient (Wildman–Crippen LogP) is 3.27. The van der Waals surface area contributed by atoms with Gasteiger partial charge in [-0.25, -0.2) is 14.4 Å². The minimum Gasteiger partial charge on any atom is -0.388 e. The minimum atomic E-state index is -0.390. The largest absolute Gasteiger partial charge is 0.388 e. The van der Waals surface area contributed by atoms with Gasteiger partial charge >= 0.3 is 0 Å². The highest BCUT2D eigenvalue weighted by atomic mass is 19.1. The molecule has 0 unspecified atom stereocenters. The van der Waals surface area contributed by atoms with Gasteiger partial charge in [0.15, 0.2) is 0 Å². The lowest BCUT2D eigenvalue weighted by atomic mass is 9.90. The zero-order valence-corrected chi connectivity index (χ0v) is 19.2. The van der Waals surface area contributed by atoms with E-state index >= 15 is 0 Å². The van der Waals surface area contributed by atoms with E-state index in [1.165, 1.54) is 12.1 Å². The fraction of sp³-hybridized carbons (Fsp3) is 0.565. The summed E-state index contributed by atoms with van der Waals surface area (Å²) in [6.07, 6.45) is 3.91. The number of nitrogens with two attached hydrogens (primary N) is 1. The maximum atomic E-state index is 14.0. The molecule has 32 heavy (non-hydrogen) atoms. The third kappa shape index (κ3) is 6.12. The second-order valence-corrected chi connectivity index (χ2v) is 9.21. The van der Waals surface area contributed by atoms with Gasteiger partial charge in [-0.2, -0.15) is 0 Å². The first-order chi connectivity index (χ1) is 15.2. The molecule has 1 aromatic heterocycles. The number of amidine groups is 1. The second-order valence-electron chi connectivity index (χ2n) is 9.21. The summed E-state index contributed by atoms with van der Waals surface area (Å²) in [5.74, 6) is 0.211. The van der Waals surface area contributed by atoms with Crippen molar-refractivity contribution in [3.05, 3.63) is 29.8 Å². The molecule has 0 aliphatic heterocycles. The van der Waals surface area contributed by atoms with Crippen molar-refractivity contribution in [1.29, 1.82) is 0 Å². The van der Waals surface area contributed by atoms with Crippen LogP contribution in [0.5, 0.6) is 0 Å². The molecule has 4 N–H and O–H groups in total. The summed E-state index contributed by atoms with van der Waals surface area (Å²) in [5.41, 5.74) is 6.09. The average molecular weight is 445 g/mol. The number of nitrogens with zero attached hydrogens (tertiary/aromatic N) is 3. The summed E-state index contributed by atoms with van der Waals surface area (Å²) in [4.78, 5) is 26.3. The monoisotopic (exact) mass is 444 g/mol. The number of rotatable bonds is 8. The molecule has 9 heteroatoms. The van der Waals surface area contributed by atoms with Gasteiger partial charge in [0.05, 0.1) is 24.0 Å². The molecule has 0 radical (unpaired) electrons. The van der Waals surface area contributed by atoms with Gasteiger partial charge in [-0.15, -0.1) is 0 Å². The van der Waals surface area contributed by atoms with Crippen LogP contribution in [0.2, 0.25) is 0 Å². The Morgan fingerprint density at radius 2 is 2.06 bits per heavy atom. The number of hydrogen-bond acceptors (Lipinski definition) is 6. The highest BCUT2D eigenvalue weighted by Gasteiger charge is 2.27. The summed E-state index contributed by atoms with van der Waals surface area (Å²) in [5, 5.41) is 6.82. The molecule has 0 saturated heterocycles. The van der Waals surface area contributed by atoms with E-state index in [2.05, 4.69) is 25.6 Å².